The zero-order valence-corrected chi connectivity index (χ0v) is 12.5. The number of pyridine rings is 1. The van der Waals surface area contributed by atoms with Gasteiger partial charge in [-0.15, -0.1) is 0 Å². The smallest absolute Gasteiger partial charge is 0.340 e. The van der Waals surface area contributed by atoms with Gasteiger partial charge in [0.2, 0.25) is 5.88 Å². The molecule has 1 aromatic heterocycles. The molecule has 0 saturated heterocycles. The lowest BCUT2D eigenvalue weighted by atomic mass is 10.2. The molecular formula is C15H15ClN2O3. The summed E-state index contributed by atoms with van der Waals surface area (Å²) in [5.41, 5.74) is 7.09. The Hall–Kier alpha value is -2.27. The van der Waals surface area contributed by atoms with Crippen LogP contribution in [0.15, 0.2) is 30.5 Å². The Balaban J connectivity index is 2.31. The zero-order chi connectivity index (χ0) is 15.4. The number of halogens is 1. The number of carbonyl (C=O) groups excluding carboxylic acids is 1. The molecule has 0 radical (unpaired) electrons. The Morgan fingerprint density at radius 3 is 2.86 bits per heavy atom. The van der Waals surface area contributed by atoms with Gasteiger partial charge in [0.05, 0.1) is 24.1 Å². The highest BCUT2D eigenvalue weighted by Gasteiger charge is 2.14. The van der Waals surface area contributed by atoms with Crippen LogP contribution in [0.4, 0.5) is 5.69 Å². The first-order valence-electron chi connectivity index (χ1n) is 6.38. The average Bonchev–Trinajstić information content (AvgIpc) is 2.45. The van der Waals surface area contributed by atoms with Crippen LogP contribution in [0.25, 0.3) is 0 Å². The van der Waals surface area contributed by atoms with E-state index in [1.807, 2.05) is 13.0 Å². The third-order valence-electron chi connectivity index (χ3n) is 2.77. The van der Waals surface area contributed by atoms with Crippen LogP contribution >= 0.6 is 11.6 Å². The van der Waals surface area contributed by atoms with Gasteiger partial charge in [0, 0.05) is 11.1 Å². The van der Waals surface area contributed by atoms with Gasteiger partial charge in [0.1, 0.15) is 5.75 Å². The summed E-state index contributed by atoms with van der Waals surface area (Å²) in [5.74, 6) is 0.303. The molecule has 2 N–H and O–H groups in total. The van der Waals surface area contributed by atoms with Crippen LogP contribution in [-0.2, 0) is 4.74 Å². The third-order valence-corrected chi connectivity index (χ3v) is 3.00. The van der Waals surface area contributed by atoms with E-state index in [0.29, 0.717) is 10.8 Å². The number of esters is 1. The molecule has 2 aromatic rings. The number of carbonyl (C=O) groups is 1. The number of rotatable bonds is 4. The molecule has 1 aromatic carbocycles. The zero-order valence-electron chi connectivity index (χ0n) is 11.7. The number of benzene rings is 1. The van der Waals surface area contributed by atoms with Crippen molar-refractivity contribution in [1.29, 1.82) is 0 Å². The highest BCUT2D eigenvalue weighted by Crippen LogP contribution is 2.28. The van der Waals surface area contributed by atoms with Gasteiger partial charge in [-0.3, -0.25) is 0 Å². The van der Waals surface area contributed by atoms with Crippen LogP contribution in [-0.4, -0.2) is 17.6 Å². The largest absolute Gasteiger partial charge is 0.462 e. The summed E-state index contributed by atoms with van der Waals surface area (Å²) in [6, 6.07) is 6.73. The molecule has 0 fully saturated rings. The van der Waals surface area contributed by atoms with E-state index in [1.54, 1.807) is 19.1 Å². The van der Waals surface area contributed by atoms with Gasteiger partial charge in [0.15, 0.2) is 0 Å². The molecule has 0 aliphatic rings. The van der Waals surface area contributed by atoms with Crippen molar-refractivity contribution in [3.63, 3.8) is 0 Å². The van der Waals surface area contributed by atoms with E-state index >= 15 is 0 Å². The number of aryl methyl sites for hydroxylation is 1. The van der Waals surface area contributed by atoms with E-state index < -0.39 is 5.97 Å². The summed E-state index contributed by atoms with van der Waals surface area (Å²) in [5, 5.41) is 0.552. The van der Waals surface area contributed by atoms with Crippen molar-refractivity contribution in [3.05, 3.63) is 46.6 Å². The van der Waals surface area contributed by atoms with Crippen LogP contribution in [0, 0.1) is 6.92 Å². The summed E-state index contributed by atoms with van der Waals surface area (Å²) in [4.78, 5) is 15.8. The molecule has 0 spiro atoms. The fourth-order valence-corrected chi connectivity index (χ4v) is 1.85. The molecule has 0 saturated carbocycles. The van der Waals surface area contributed by atoms with E-state index in [4.69, 9.17) is 26.8 Å². The van der Waals surface area contributed by atoms with Crippen LogP contribution < -0.4 is 10.5 Å². The molecule has 5 nitrogen and oxygen atoms in total. The number of nitrogens with two attached hydrogens (primary N) is 1. The Bertz CT molecular complexity index is 674. The molecule has 110 valence electrons. The van der Waals surface area contributed by atoms with E-state index in [9.17, 15) is 4.79 Å². The number of nitrogens with zero attached hydrogens (tertiary/aromatic N) is 1. The van der Waals surface area contributed by atoms with Crippen molar-refractivity contribution in [2.75, 3.05) is 12.3 Å². The topological polar surface area (TPSA) is 74.4 Å². The van der Waals surface area contributed by atoms with Crippen molar-refractivity contribution in [2.45, 2.75) is 13.8 Å². The lowest BCUT2D eigenvalue weighted by Crippen LogP contribution is -2.08. The average molecular weight is 307 g/mol. The van der Waals surface area contributed by atoms with Crippen LogP contribution in [0.2, 0.25) is 5.02 Å². The number of anilines is 1. The Morgan fingerprint density at radius 2 is 2.14 bits per heavy atom. The molecule has 1 heterocycles. The van der Waals surface area contributed by atoms with Gasteiger partial charge in [-0.2, -0.15) is 0 Å². The second-order valence-electron chi connectivity index (χ2n) is 4.34. The Labute approximate surface area is 127 Å². The quantitative estimate of drug-likeness (QED) is 0.874. The minimum Gasteiger partial charge on any atom is -0.462 e. The molecular weight excluding hydrogens is 292 g/mol. The summed E-state index contributed by atoms with van der Waals surface area (Å²) in [6.45, 7) is 3.88. The maximum atomic E-state index is 11.8. The molecule has 0 unspecified atom stereocenters. The highest BCUT2D eigenvalue weighted by molar-refractivity contribution is 6.30. The maximum Gasteiger partial charge on any atom is 0.340 e. The molecule has 21 heavy (non-hydrogen) atoms. The summed E-state index contributed by atoms with van der Waals surface area (Å²) in [6.07, 6.45) is 1.36. The van der Waals surface area contributed by atoms with Crippen molar-refractivity contribution in [3.8, 4) is 11.6 Å². The second kappa shape index (κ2) is 6.45. The van der Waals surface area contributed by atoms with Gasteiger partial charge in [0.25, 0.3) is 0 Å². The van der Waals surface area contributed by atoms with Crippen molar-refractivity contribution in [1.82, 2.24) is 4.98 Å². The maximum absolute atomic E-state index is 11.8. The van der Waals surface area contributed by atoms with E-state index in [2.05, 4.69) is 4.98 Å². The van der Waals surface area contributed by atoms with Gasteiger partial charge >= 0.3 is 5.97 Å². The number of hydrogen-bond acceptors (Lipinski definition) is 5. The van der Waals surface area contributed by atoms with Gasteiger partial charge in [-0.1, -0.05) is 17.7 Å². The molecule has 0 atom stereocenters. The van der Waals surface area contributed by atoms with E-state index in [-0.39, 0.29) is 23.7 Å². The van der Waals surface area contributed by atoms with Crippen LogP contribution in [0.5, 0.6) is 11.6 Å². The number of nitrogen functional groups attached to an aromatic ring is 1. The first-order valence-corrected chi connectivity index (χ1v) is 6.75. The molecule has 0 aliphatic heterocycles. The number of ether oxygens (including phenoxy) is 2. The third kappa shape index (κ3) is 3.64. The Morgan fingerprint density at radius 1 is 1.38 bits per heavy atom. The van der Waals surface area contributed by atoms with Gasteiger partial charge < -0.3 is 15.2 Å². The highest BCUT2D eigenvalue weighted by atomic mass is 35.5. The van der Waals surface area contributed by atoms with Crippen LogP contribution in [0.3, 0.4) is 0 Å². The van der Waals surface area contributed by atoms with Gasteiger partial charge in [-0.05, 0) is 31.5 Å². The van der Waals surface area contributed by atoms with Crippen molar-refractivity contribution >= 4 is 23.3 Å². The molecule has 2 rings (SSSR count). The van der Waals surface area contributed by atoms with Gasteiger partial charge in [-0.25, -0.2) is 9.78 Å². The number of hydrogen-bond donors (Lipinski definition) is 1. The first kappa shape index (κ1) is 15.1. The van der Waals surface area contributed by atoms with Crippen molar-refractivity contribution < 1.29 is 14.3 Å². The molecule has 0 bridgehead atoms. The molecule has 6 heteroatoms. The minimum absolute atomic E-state index is 0.224. The fraction of sp³-hybridized carbons (Fsp3) is 0.200. The lowest BCUT2D eigenvalue weighted by Gasteiger charge is -2.10. The summed E-state index contributed by atoms with van der Waals surface area (Å²) < 4.78 is 10.6. The molecule has 0 amide bonds. The predicted octanol–water partition coefficient (Wildman–Crippen LogP) is 3.59. The first-order chi connectivity index (χ1) is 10.0. The summed E-state index contributed by atoms with van der Waals surface area (Å²) in [7, 11) is 0. The van der Waals surface area contributed by atoms with E-state index in [1.165, 1.54) is 12.3 Å². The minimum atomic E-state index is -0.509. The molecule has 0 aliphatic carbocycles. The van der Waals surface area contributed by atoms with Crippen LogP contribution in [0.1, 0.15) is 22.8 Å². The normalized spacial score (nSPS) is 10.2. The monoisotopic (exact) mass is 306 g/mol. The lowest BCUT2D eigenvalue weighted by molar-refractivity contribution is 0.0527. The standard InChI is InChI=1S/C15H15ClN2O3/c1-3-20-15(19)11-7-14(18-8-12(11)17)21-13-6-10(16)5-4-9(13)2/h4-8H,3,17H2,1-2H3. The second-order valence-corrected chi connectivity index (χ2v) is 4.78. The summed E-state index contributed by atoms with van der Waals surface area (Å²) >= 11 is 5.94. The SMILES string of the molecule is CCOC(=O)c1cc(Oc2cc(Cl)ccc2C)ncc1N. The predicted molar refractivity (Wildman–Crippen MR) is 80.9 cm³/mol. The number of aromatic nitrogens is 1. The Kier molecular flexibility index (Phi) is 4.65. The van der Waals surface area contributed by atoms with Crippen molar-refractivity contribution in [2.24, 2.45) is 0 Å². The fourth-order valence-electron chi connectivity index (χ4n) is 1.68. The van der Waals surface area contributed by atoms with E-state index in [0.717, 1.165) is 5.56 Å².